The summed E-state index contributed by atoms with van der Waals surface area (Å²) in [6, 6.07) is 7.66. The van der Waals surface area contributed by atoms with Gasteiger partial charge in [-0.15, -0.1) is 11.3 Å². The summed E-state index contributed by atoms with van der Waals surface area (Å²) in [5.41, 5.74) is 0.542. The van der Waals surface area contributed by atoms with Crippen LogP contribution in [0.1, 0.15) is 50.5 Å². The lowest BCUT2D eigenvalue weighted by atomic mass is 9.98. The number of pyridine rings is 1. The highest BCUT2D eigenvalue weighted by Gasteiger charge is 2.33. The number of carboxylic acids is 1. The van der Waals surface area contributed by atoms with Crippen molar-refractivity contribution in [1.29, 1.82) is 0 Å². The number of ether oxygens (including phenoxy) is 2. The maximum absolute atomic E-state index is 13.7. The third-order valence-electron chi connectivity index (χ3n) is 6.24. The fourth-order valence-electron chi connectivity index (χ4n) is 4.29. The number of nitrogens with zero attached hydrogens (tertiary/aromatic N) is 2. The zero-order valence-corrected chi connectivity index (χ0v) is 22.0. The van der Waals surface area contributed by atoms with Gasteiger partial charge in [0.05, 0.1) is 35.8 Å². The van der Waals surface area contributed by atoms with Crippen LogP contribution in [0.4, 0.5) is 0 Å². The van der Waals surface area contributed by atoms with Gasteiger partial charge in [0, 0.05) is 22.9 Å². The number of rotatable bonds is 9. The molecule has 0 aliphatic rings. The summed E-state index contributed by atoms with van der Waals surface area (Å²) in [5.74, 6) is 0.0136. The first kappa shape index (κ1) is 25.7. The molecule has 4 aromatic rings. The van der Waals surface area contributed by atoms with Crippen molar-refractivity contribution < 1.29 is 23.8 Å². The van der Waals surface area contributed by atoms with Crippen LogP contribution in [0.15, 0.2) is 52.1 Å². The quantitative estimate of drug-likeness (QED) is 0.314. The van der Waals surface area contributed by atoms with Crippen LogP contribution >= 0.6 is 11.3 Å². The summed E-state index contributed by atoms with van der Waals surface area (Å²) in [7, 11) is 1.62. The number of aryl methyl sites for hydroxylation is 1. The minimum absolute atomic E-state index is 0.0790. The van der Waals surface area contributed by atoms with E-state index in [0.717, 1.165) is 20.7 Å². The van der Waals surface area contributed by atoms with E-state index in [-0.39, 0.29) is 11.7 Å². The Morgan fingerprint density at radius 2 is 2.00 bits per heavy atom. The SMILES string of the molecule is COc1ccccc1[C@H](Cc1cn(C(C)(C)C(=O)O)c(=O)c2c(C)c(-c3ncco3)sc12)OC(C)C. The average Bonchev–Trinajstić information content (AvgIpc) is 3.48. The van der Waals surface area contributed by atoms with Crippen LogP contribution in [0.25, 0.3) is 20.9 Å². The fraction of sp³-hybridized carbons (Fsp3) is 0.370. The Kier molecular flexibility index (Phi) is 7.06. The predicted octanol–water partition coefficient (Wildman–Crippen LogP) is 5.56. The van der Waals surface area contributed by atoms with E-state index in [1.165, 1.54) is 36.0 Å². The summed E-state index contributed by atoms with van der Waals surface area (Å²) in [5, 5.41) is 10.4. The number of hydrogen-bond acceptors (Lipinski definition) is 7. The fourth-order valence-corrected chi connectivity index (χ4v) is 5.54. The summed E-state index contributed by atoms with van der Waals surface area (Å²) in [6.45, 7) is 8.80. The molecule has 0 spiro atoms. The van der Waals surface area contributed by atoms with E-state index in [0.29, 0.717) is 29.0 Å². The number of carboxylic acid groups (broad SMARTS) is 1. The molecular formula is C27H30N2O6S. The summed E-state index contributed by atoms with van der Waals surface area (Å²) in [6.07, 6.45) is 4.62. The monoisotopic (exact) mass is 510 g/mol. The van der Waals surface area contributed by atoms with Crippen LogP contribution in [-0.2, 0) is 21.5 Å². The van der Waals surface area contributed by atoms with Crippen molar-refractivity contribution in [3.63, 3.8) is 0 Å². The number of aliphatic carboxylic acids is 1. The van der Waals surface area contributed by atoms with Crippen LogP contribution < -0.4 is 10.3 Å². The molecule has 3 aromatic heterocycles. The van der Waals surface area contributed by atoms with Gasteiger partial charge in [0.1, 0.15) is 17.6 Å². The Bertz CT molecular complexity index is 1450. The van der Waals surface area contributed by atoms with E-state index >= 15 is 0 Å². The smallest absolute Gasteiger partial charge is 0.329 e. The molecule has 9 heteroatoms. The number of oxazole rings is 1. The summed E-state index contributed by atoms with van der Waals surface area (Å²) >= 11 is 1.41. The normalized spacial score (nSPS) is 12.9. The van der Waals surface area contributed by atoms with Crippen LogP contribution in [0.3, 0.4) is 0 Å². The molecule has 0 saturated heterocycles. The van der Waals surface area contributed by atoms with E-state index in [9.17, 15) is 14.7 Å². The molecule has 0 bridgehead atoms. The van der Waals surface area contributed by atoms with Crippen LogP contribution in [0.2, 0.25) is 0 Å². The zero-order valence-electron chi connectivity index (χ0n) is 21.2. The molecule has 0 aliphatic heterocycles. The first-order valence-corrected chi connectivity index (χ1v) is 12.5. The third-order valence-corrected chi connectivity index (χ3v) is 7.59. The van der Waals surface area contributed by atoms with Gasteiger partial charge in [-0.05, 0) is 51.8 Å². The minimum Gasteiger partial charge on any atom is -0.496 e. The van der Waals surface area contributed by atoms with Gasteiger partial charge >= 0.3 is 5.97 Å². The van der Waals surface area contributed by atoms with Gasteiger partial charge in [-0.25, -0.2) is 9.78 Å². The van der Waals surface area contributed by atoms with Crippen LogP contribution in [-0.4, -0.2) is 33.8 Å². The van der Waals surface area contributed by atoms with Gasteiger partial charge in [0.25, 0.3) is 5.56 Å². The second-order valence-corrected chi connectivity index (χ2v) is 10.4. The molecule has 4 rings (SSSR count). The predicted molar refractivity (Wildman–Crippen MR) is 139 cm³/mol. The highest BCUT2D eigenvalue weighted by Crippen LogP contribution is 2.40. The van der Waals surface area contributed by atoms with Gasteiger partial charge < -0.3 is 19.0 Å². The lowest BCUT2D eigenvalue weighted by Gasteiger charge is -2.26. The average molecular weight is 511 g/mol. The van der Waals surface area contributed by atoms with Gasteiger partial charge in [-0.2, -0.15) is 0 Å². The van der Waals surface area contributed by atoms with Crippen molar-refractivity contribution in [1.82, 2.24) is 9.55 Å². The lowest BCUT2D eigenvalue weighted by Crippen LogP contribution is -2.42. The number of hydrogen-bond donors (Lipinski definition) is 1. The number of benzene rings is 1. The number of carbonyl (C=O) groups is 1. The van der Waals surface area contributed by atoms with Crippen molar-refractivity contribution >= 4 is 27.4 Å². The van der Waals surface area contributed by atoms with E-state index < -0.39 is 17.6 Å². The molecule has 0 saturated carbocycles. The minimum atomic E-state index is -1.46. The van der Waals surface area contributed by atoms with Crippen molar-refractivity contribution in [2.75, 3.05) is 7.11 Å². The second-order valence-electron chi connectivity index (χ2n) is 9.41. The highest BCUT2D eigenvalue weighted by molar-refractivity contribution is 7.22. The molecule has 1 aromatic carbocycles. The van der Waals surface area contributed by atoms with Crippen molar-refractivity contribution in [2.45, 2.75) is 58.8 Å². The number of para-hydroxylation sites is 1. The Balaban J connectivity index is 1.99. The van der Waals surface area contributed by atoms with Gasteiger partial charge in [-0.1, -0.05) is 18.2 Å². The number of fused-ring (bicyclic) bond motifs is 1. The maximum Gasteiger partial charge on any atom is 0.329 e. The molecule has 0 unspecified atom stereocenters. The molecule has 0 aliphatic carbocycles. The van der Waals surface area contributed by atoms with Crippen LogP contribution in [0.5, 0.6) is 5.75 Å². The number of methoxy groups -OCH3 is 1. The molecule has 8 nitrogen and oxygen atoms in total. The van der Waals surface area contributed by atoms with Crippen molar-refractivity contribution in [2.24, 2.45) is 0 Å². The summed E-state index contributed by atoms with van der Waals surface area (Å²) in [4.78, 5) is 30.8. The molecule has 1 atom stereocenters. The van der Waals surface area contributed by atoms with Crippen molar-refractivity contribution in [3.05, 3.63) is 70.0 Å². The molecule has 36 heavy (non-hydrogen) atoms. The third kappa shape index (κ3) is 4.56. The molecule has 1 N–H and O–H groups in total. The Morgan fingerprint density at radius 1 is 1.28 bits per heavy atom. The van der Waals surface area contributed by atoms with E-state index in [1.807, 2.05) is 45.0 Å². The molecule has 0 amide bonds. The van der Waals surface area contributed by atoms with E-state index in [1.54, 1.807) is 19.5 Å². The van der Waals surface area contributed by atoms with Crippen molar-refractivity contribution in [3.8, 4) is 16.5 Å². The Hall–Kier alpha value is -3.43. The molecule has 190 valence electrons. The van der Waals surface area contributed by atoms with Gasteiger partial charge in [0.2, 0.25) is 5.89 Å². The Labute approximate surface area is 213 Å². The van der Waals surface area contributed by atoms with Gasteiger partial charge in [-0.3, -0.25) is 9.36 Å². The molecule has 0 fully saturated rings. The topological polar surface area (TPSA) is 104 Å². The second kappa shape index (κ2) is 9.91. The molecule has 3 heterocycles. The maximum atomic E-state index is 13.7. The van der Waals surface area contributed by atoms with E-state index in [4.69, 9.17) is 13.9 Å². The largest absolute Gasteiger partial charge is 0.496 e. The number of thiophene rings is 1. The highest BCUT2D eigenvalue weighted by atomic mass is 32.1. The first-order valence-electron chi connectivity index (χ1n) is 11.7. The zero-order chi connectivity index (χ0) is 26.2. The first-order chi connectivity index (χ1) is 17.1. The molecular weight excluding hydrogens is 480 g/mol. The summed E-state index contributed by atoms with van der Waals surface area (Å²) < 4.78 is 19.5. The standard InChI is InChI=1S/C27H30N2O6S/c1-15(2)35-20(18-9-7-8-10-19(18)33-6)13-17-14-29(27(4,5)26(31)32)25(30)21-16(3)22(36-23(17)21)24-28-11-12-34-24/h7-12,14-15,20H,13H2,1-6H3,(H,31,32)/t20-/m0/s1. The molecule has 0 radical (unpaired) electrons. The van der Waals surface area contributed by atoms with E-state index in [2.05, 4.69) is 4.98 Å². The van der Waals surface area contributed by atoms with Crippen LogP contribution in [0, 0.1) is 6.92 Å². The number of aromatic nitrogens is 2. The Morgan fingerprint density at radius 3 is 2.61 bits per heavy atom. The van der Waals surface area contributed by atoms with Gasteiger partial charge in [0.15, 0.2) is 0 Å². The lowest BCUT2D eigenvalue weighted by molar-refractivity contribution is -0.145.